The van der Waals surface area contributed by atoms with Gasteiger partial charge in [0.05, 0.1) is 0 Å². The molecule has 0 aliphatic rings. The third-order valence-corrected chi connectivity index (χ3v) is 5.87. The first kappa shape index (κ1) is 24.3. The summed E-state index contributed by atoms with van der Waals surface area (Å²) in [6, 6.07) is 26.9. The van der Waals surface area contributed by atoms with Crippen LogP contribution in [0.25, 0.3) is 0 Å². The smallest absolute Gasteiger partial charge is 0.127 e. The van der Waals surface area contributed by atoms with Gasteiger partial charge in [-0.25, -0.2) is 0 Å². The van der Waals surface area contributed by atoms with E-state index in [-0.39, 0.29) is 0 Å². The number of hydrogen-bond acceptors (Lipinski definition) is 3. The predicted octanol–water partition coefficient (Wildman–Crippen LogP) is 6.94. The summed E-state index contributed by atoms with van der Waals surface area (Å²) in [5.74, 6) is 2.23. The van der Waals surface area contributed by atoms with Crippen LogP contribution in [0.4, 0.5) is 0 Å². The molecule has 4 heteroatoms. The maximum Gasteiger partial charge on any atom is 0.127 e. The van der Waals surface area contributed by atoms with Crippen LogP contribution in [0, 0.1) is 5.92 Å². The Labute approximate surface area is 198 Å². The first-order chi connectivity index (χ1) is 15.5. The summed E-state index contributed by atoms with van der Waals surface area (Å²) in [6.07, 6.45) is 3.29. The molecular formula is C28H35ClN2O. The fourth-order valence-corrected chi connectivity index (χ4v) is 4.17. The number of hydrogen-bond donors (Lipinski definition) is 1. The molecule has 0 aliphatic heterocycles. The summed E-state index contributed by atoms with van der Waals surface area (Å²) in [5, 5.41) is 0.704. The minimum Gasteiger partial charge on any atom is -0.457 e. The molecule has 0 heterocycles. The lowest BCUT2D eigenvalue weighted by atomic mass is 10.0. The Morgan fingerprint density at radius 2 is 1.59 bits per heavy atom. The van der Waals surface area contributed by atoms with Crippen molar-refractivity contribution in [2.24, 2.45) is 11.7 Å². The van der Waals surface area contributed by atoms with Gasteiger partial charge in [0.1, 0.15) is 11.5 Å². The Balaban J connectivity index is 1.68. The van der Waals surface area contributed by atoms with Gasteiger partial charge in [0.15, 0.2) is 0 Å². The number of aryl methyl sites for hydroxylation is 1. The van der Waals surface area contributed by atoms with Gasteiger partial charge >= 0.3 is 0 Å². The molecule has 0 spiro atoms. The number of halogens is 1. The van der Waals surface area contributed by atoms with E-state index in [4.69, 9.17) is 22.1 Å². The summed E-state index contributed by atoms with van der Waals surface area (Å²) >= 11 is 5.99. The molecule has 0 fully saturated rings. The Morgan fingerprint density at radius 3 is 2.28 bits per heavy atom. The second-order valence-corrected chi connectivity index (χ2v) is 9.22. The molecule has 3 rings (SSSR count). The quantitative estimate of drug-likeness (QED) is 0.324. The van der Waals surface area contributed by atoms with Crippen molar-refractivity contribution in [1.29, 1.82) is 0 Å². The molecular weight excluding hydrogens is 416 g/mol. The molecule has 1 unspecified atom stereocenters. The average Bonchev–Trinajstić information content (AvgIpc) is 2.79. The van der Waals surface area contributed by atoms with Crippen molar-refractivity contribution in [2.75, 3.05) is 13.1 Å². The van der Waals surface area contributed by atoms with Gasteiger partial charge in [-0.05, 0) is 79.3 Å². The van der Waals surface area contributed by atoms with Crippen LogP contribution in [-0.2, 0) is 13.0 Å². The first-order valence-corrected chi connectivity index (χ1v) is 11.9. The fourth-order valence-electron chi connectivity index (χ4n) is 4.04. The Kier molecular flexibility index (Phi) is 9.61. The minimum atomic E-state index is 0.367. The lowest BCUT2D eigenvalue weighted by Gasteiger charge is -2.32. The summed E-state index contributed by atoms with van der Waals surface area (Å²) in [4.78, 5) is 2.55. The molecule has 3 nitrogen and oxygen atoms in total. The zero-order chi connectivity index (χ0) is 22.8. The van der Waals surface area contributed by atoms with Crippen LogP contribution in [0.15, 0.2) is 78.9 Å². The van der Waals surface area contributed by atoms with Gasteiger partial charge in [-0.1, -0.05) is 67.9 Å². The molecule has 0 saturated heterocycles. The topological polar surface area (TPSA) is 38.5 Å². The SMILES string of the molecule is CC(C)CC(CN)N(CCCc1ccccc1)Cc1cccc(Oc2ccc(Cl)cc2)c1. The third kappa shape index (κ3) is 7.98. The number of benzene rings is 3. The maximum atomic E-state index is 6.23. The zero-order valence-electron chi connectivity index (χ0n) is 19.2. The van der Waals surface area contributed by atoms with Crippen LogP contribution in [-0.4, -0.2) is 24.0 Å². The highest BCUT2D eigenvalue weighted by Gasteiger charge is 2.19. The molecule has 0 amide bonds. The summed E-state index contributed by atoms with van der Waals surface area (Å²) < 4.78 is 6.04. The number of nitrogens with zero attached hydrogens (tertiary/aromatic N) is 1. The molecule has 0 radical (unpaired) electrons. The van der Waals surface area contributed by atoms with Gasteiger partial charge in [-0.15, -0.1) is 0 Å². The van der Waals surface area contributed by atoms with Crippen molar-refractivity contribution in [3.05, 3.63) is 95.0 Å². The zero-order valence-corrected chi connectivity index (χ0v) is 20.0. The second kappa shape index (κ2) is 12.6. The van der Waals surface area contributed by atoms with Gasteiger partial charge in [0, 0.05) is 24.2 Å². The van der Waals surface area contributed by atoms with E-state index in [1.807, 2.05) is 30.3 Å². The van der Waals surface area contributed by atoms with E-state index >= 15 is 0 Å². The molecule has 170 valence electrons. The van der Waals surface area contributed by atoms with Crippen molar-refractivity contribution in [3.63, 3.8) is 0 Å². The van der Waals surface area contributed by atoms with Gasteiger partial charge in [0.25, 0.3) is 0 Å². The third-order valence-electron chi connectivity index (χ3n) is 5.62. The average molecular weight is 451 g/mol. The summed E-state index contributed by atoms with van der Waals surface area (Å²) in [6.45, 7) is 7.09. The van der Waals surface area contributed by atoms with Gasteiger partial charge in [-0.2, -0.15) is 0 Å². The molecule has 3 aromatic rings. The molecule has 2 N–H and O–H groups in total. The molecule has 0 aromatic heterocycles. The van der Waals surface area contributed by atoms with Crippen LogP contribution in [0.1, 0.15) is 37.8 Å². The van der Waals surface area contributed by atoms with Crippen molar-refractivity contribution < 1.29 is 4.74 Å². The van der Waals surface area contributed by atoms with Crippen LogP contribution < -0.4 is 10.5 Å². The van der Waals surface area contributed by atoms with E-state index in [0.717, 1.165) is 43.9 Å². The highest BCUT2D eigenvalue weighted by Crippen LogP contribution is 2.25. The van der Waals surface area contributed by atoms with Crippen LogP contribution in [0.3, 0.4) is 0 Å². The van der Waals surface area contributed by atoms with E-state index in [0.29, 0.717) is 23.5 Å². The molecule has 0 saturated carbocycles. The largest absolute Gasteiger partial charge is 0.457 e. The number of ether oxygens (including phenoxy) is 1. The van der Waals surface area contributed by atoms with Crippen molar-refractivity contribution >= 4 is 11.6 Å². The van der Waals surface area contributed by atoms with Gasteiger partial charge in [-0.3, -0.25) is 4.90 Å². The molecule has 32 heavy (non-hydrogen) atoms. The van der Waals surface area contributed by atoms with Crippen molar-refractivity contribution in [2.45, 2.75) is 45.7 Å². The normalized spacial score (nSPS) is 12.3. The lowest BCUT2D eigenvalue weighted by Crippen LogP contribution is -2.41. The van der Waals surface area contributed by atoms with E-state index in [2.05, 4.69) is 67.3 Å². The second-order valence-electron chi connectivity index (χ2n) is 8.78. The first-order valence-electron chi connectivity index (χ1n) is 11.5. The predicted molar refractivity (Wildman–Crippen MR) is 135 cm³/mol. The Bertz CT molecular complexity index is 928. The highest BCUT2D eigenvalue weighted by molar-refractivity contribution is 6.30. The molecule has 1 atom stereocenters. The fraction of sp³-hybridized carbons (Fsp3) is 0.357. The maximum absolute atomic E-state index is 6.23. The number of nitrogens with two attached hydrogens (primary N) is 1. The lowest BCUT2D eigenvalue weighted by molar-refractivity contribution is 0.167. The molecule has 0 aliphatic carbocycles. The highest BCUT2D eigenvalue weighted by atomic mass is 35.5. The monoisotopic (exact) mass is 450 g/mol. The van der Waals surface area contributed by atoms with Crippen LogP contribution in [0.5, 0.6) is 11.5 Å². The number of rotatable bonds is 12. The van der Waals surface area contributed by atoms with Gasteiger partial charge in [0.2, 0.25) is 0 Å². The standard InChI is InChI=1S/C28H35ClN2O/c1-22(2)18-26(20-30)31(17-7-11-23-8-4-3-5-9-23)21-24-10-6-12-28(19-24)32-27-15-13-25(29)14-16-27/h3-6,8-10,12-16,19,22,26H,7,11,17-18,20-21,30H2,1-2H3. The minimum absolute atomic E-state index is 0.367. The van der Waals surface area contributed by atoms with E-state index in [1.165, 1.54) is 11.1 Å². The summed E-state index contributed by atoms with van der Waals surface area (Å²) in [5.41, 5.74) is 8.85. The van der Waals surface area contributed by atoms with Crippen LogP contribution in [0.2, 0.25) is 5.02 Å². The van der Waals surface area contributed by atoms with E-state index in [9.17, 15) is 0 Å². The van der Waals surface area contributed by atoms with Crippen LogP contribution >= 0.6 is 11.6 Å². The van der Waals surface area contributed by atoms with Crippen molar-refractivity contribution in [1.82, 2.24) is 4.90 Å². The van der Waals surface area contributed by atoms with Crippen molar-refractivity contribution in [3.8, 4) is 11.5 Å². The Morgan fingerprint density at radius 1 is 0.875 bits per heavy atom. The Hall–Kier alpha value is -2.33. The van der Waals surface area contributed by atoms with E-state index < -0.39 is 0 Å². The molecule has 3 aromatic carbocycles. The molecule has 0 bridgehead atoms. The van der Waals surface area contributed by atoms with E-state index in [1.54, 1.807) is 0 Å². The summed E-state index contributed by atoms with van der Waals surface area (Å²) in [7, 11) is 0. The van der Waals surface area contributed by atoms with Gasteiger partial charge < -0.3 is 10.5 Å².